The number of pyridine rings is 1. The molecule has 29 heavy (non-hydrogen) atoms. The molecule has 4 rings (SSSR count). The molecule has 1 aromatic carbocycles. The molecule has 0 atom stereocenters. The summed E-state index contributed by atoms with van der Waals surface area (Å²) in [5.41, 5.74) is 1.72. The van der Waals surface area contributed by atoms with E-state index in [1.165, 1.54) is 39.9 Å². The summed E-state index contributed by atoms with van der Waals surface area (Å²) in [6, 6.07) is 9.07. The second-order valence-electron chi connectivity index (χ2n) is 6.67. The summed E-state index contributed by atoms with van der Waals surface area (Å²) in [7, 11) is -3.69. The van der Waals surface area contributed by atoms with Crippen molar-refractivity contribution in [3.8, 4) is 5.75 Å². The summed E-state index contributed by atoms with van der Waals surface area (Å²) in [4.78, 5) is 10.5. The van der Waals surface area contributed by atoms with Gasteiger partial charge in [-0.2, -0.15) is 4.31 Å². The van der Waals surface area contributed by atoms with Crippen molar-refractivity contribution in [1.29, 1.82) is 0 Å². The summed E-state index contributed by atoms with van der Waals surface area (Å²) < 4.78 is 40.1. The first kappa shape index (κ1) is 19.7. The highest BCUT2D eigenvalue weighted by molar-refractivity contribution is 7.89. The Balaban J connectivity index is 1.40. The lowest BCUT2D eigenvalue weighted by Crippen LogP contribution is -2.48. The lowest BCUT2D eigenvalue weighted by atomic mass is 10.1. The van der Waals surface area contributed by atoms with E-state index in [4.69, 9.17) is 0 Å². The van der Waals surface area contributed by atoms with Crippen LogP contribution in [0, 0.1) is 5.82 Å². The molecule has 1 aliphatic rings. The fourth-order valence-corrected chi connectivity index (χ4v) is 5.37. The van der Waals surface area contributed by atoms with Gasteiger partial charge in [0.25, 0.3) is 10.0 Å². The predicted molar refractivity (Wildman–Crippen MR) is 108 cm³/mol. The number of benzene rings is 1. The molecule has 0 aliphatic carbocycles. The molecule has 0 bridgehead atoms. The van der Waals surface area contributed by atoms with Gasteiger partial charge in [0.2, 0.25) is 0 Å². The Morgan fingerprint density at radius 2 is 1.93 bits per heavy atom. The van der Waals surface area contributed by atoms with Crippen LogP contribution in [0.5, 0.6) is 5.75 Å². The number of hydrogen-bond donors (Lipinski definition) is 1. The van der Waals surface area contributed by atoms with Crippen LogP contribution in [0.15, 0.2) is 53.0 Å². The van der Waals surface area contributed by atoms with Crippen molar-refractivity contribution in [2.75, 3.05) is 31.1 Å². The van der Waals surface area contributed by atoms with Crippen LogP contribution in [0.25, 0.3) is 0 Å². The molecule has 0 spiro atoms. The molecule has 0 unspecified atom stereocenters. The van der Waals surface area contributed by atoms with Crippen molar-refractivity contribution in [1.82, 2.24) is 14.3 Å². The van der Waals surface area contributed by atoms with Gasteiger partial charge in [-0.25, -0.2) is 22.8 Å². The number of nitrogens with zero attached hydrogens (tertiary/aromatic N) is 4. The molecular formula is C19H19FN4O3S2. The molecule has 1 saturated heterocycles. The average Bonchev–Trinajstić information content (AvgIpc) is 3.17. The predicted octanol–water partition coefficient (Wildman–Crippen LogP) is 2.48. The van der Waals surface area contributed by atoms with E-state index < -0.39 is 10.0 Å². The lowest BCUT2D eigenvalue weighted by molar-refractivity contribution is 0.383. The number of aromatic nitrogens is 2. The zero-order valence-electron chi connectivity index (χ0n) is 15.4. The molecule has 1 fully saturated rings. The molecule has 2 aromatic heterocycles. The van der Waals surface area contributed by atoms with Gasteiger partial charge in [0.15, 0.2) is 10.2 Å². The topological polar surface area (TPSA) is 86.6 Å². The van der Waals surface area contributed by atoms with E-state index in [1.807, 2.05) is 11.4 Å². The molecular weight excluding hydrogens is 415 g/mol. The van der Waals surface area contributed by atoms with Gasteiger partial charge in [-0.05, 0) is 29.8 Å². The van der Waals surface area contributed by atoms with E-state index in [-0.39, 0.29) is 16.6 Å². The second-order valence-corrected chi connectivity index (χ2v) is 9.40. The van der Waals surface area contributed by atoms with Crippen LogP contribution in [-0.4, -0.2) is 54.0 Å². The monoisotopic (exact) mass is 434 g/mol. The molecule has 3 aromatic rings. The number of hydrogen-bond acceptors (Lipinski definition) is 7. The molecule has 0 radical (unpaired) electrons. The van der Waals surface area contributed by atoms with Crippen LogP contribution in [0.2, 0.25) is 0 Å². The van der Waals surface area contributed by atoms with Crippen molar-refractivity contribution >= 4 is 26.5 Å². The Morgan fingerprint density at radius 1 is 1.14 bits per heavy atom. The molecule has 7 nitrogen and oxygen atoms in total. The normalized spacial score (nSPS) is 15.6. The van der Waals surface area contributed by atoms with Gasteiger partial charge in [-0.15, -0.1) is 11.3 Å². The van der Waals surface area contributed by atoms with Gasteiger partial charge in [0, 0.05) is 38.0 Å². The van der Waals surface area contributed by atoms with Crippen LogP contribution in [-0.2, 0) is 16.4 Å². The van der Waals surface area contributed by atoms with Crippen molar-refractivity contribution < 1.29 is 17.9 Å². The minimum Gasteiger partial charge on any atom is -0.506 e. The first-order chi connectivity index (χ1) is 13.9. The van der Waals surface area contributed by atoms with Gasteiger partial charge in [0.05, 0.1) is 11.9 Å². The molecule has 1 aliphatic heterocycles. The Bertz CT molecular complexity index is 1090. The molecule has 152 valence electrons. The summed E-state index contributed by atoms with van der Waals surface area (Å²) in [5.74, 6) is -0.343. The summed E-state index contributed by atoms with van der Waals surface area (Å²) >= 11 is 1.50. The first-order valence-electron chi connectivity index (χ1n) is 9.01. The first-order valence-corrected chi connectivity index (χ1v) is 11.3. The van der Waals surface area contributed by atoms with E-state index in [1.54, 1.807) is 6.07 Å². The van der Waals surface area contributed by atoms with Crippen LogP contribution in [0.3, 0.4) is 0 Å². The molecule has 0 amide bonds. The standard InChI is InChI=1S/C19H19FN4O3S2/c20-15-3-1-2-14(10-15)11-16-13-28-19(22-16)23-6-8-24(9-7-23)29(26,27)18-5-4-17(25)12-21-18/h1-5,10,12-13,25H,6-9,11H2. The maximum Gasteiger partial charge on any atom is 0.260 e. The Labute approximate surface area is 172 Å². The highest BCUT2D eigenvalue weighted by Gasteiger charge is 2.30. The van der Waals surface area contributed by atoms with E-state index in [0.717, 1.165) is 22.6 Å². The maximum atomic E-state index is 13.3. The fourth-order valence-electron chi connectivity index (χ4n) is 3.16. The third kappa shape index (κ3) is 4.39. The zero-order chi connectivity index (χ0) is 20.4. The van der Waals surface area contributed by atoms with Gasteiger partial charge >= 0.3 is 0 Å². The van der Waals surface area contributed by atoms with Crippen LogP contribution >= 0.6 is 11.3 Å². The zero-order valence-corrected chi connectivity index (χ0v) is 17.0. The SMILES string of the molecule is O=S(=O)(c1ccc(O)cn1)N1CCN(c2nc(Cc3cccc(F)c3)cs2)CC1. The van der Waals surface area contributed by atoms with E-state index in [0.29, 0.717) is 32.6 Å². The van der Waals surface area contributed by atoms with Crippen molar-refractivity contribution in [3.63, 3.8) is 0 Å². The number of anilines is 1. The average molecular weight is 435 g/mol. The number of sulfonamides is 1. The summed E-state index contributed by atoms with van der Waals surface area (Å²) in [6.45, 7) is 1.68. The van der Waals surface area contributed by atoms with Crippen molar-refractivity contribution in [3.05, 3.63) is 65.0 Å². The largest absolute Gasteiger partial charge is 0.506 e. The minimum atomic E-state index is -3.69. The third-order valence-electron chi connectivity index (χ3n) is 4.65. The Morgan fingerprint density at radius 3 is 2.62 bits per heavy atom. The molecule has 3 heterocycles. The van der Waals surface area contributed by atoms with Crippen molar-refractivity contribution in [2.45, 2.75) is 11.4 Å². The quantitative estimate of drug-likeness (QED) is 0.664. The number of piperazine rings is 1. The third-order valence-corrected chi connectivity index (χ3v) is 7.41. The van der Waals surface area contributed by atoms with Gasteiger partial charge in [0.1, 0.15) is 11.6 Å². The fraction of sp³-hybridized carbons (Fsp3) is 0.263. The molecule has 1 N–H and O–H groups in total. The van der Waals surface area contributed by atoms with E-state index >= 15 is 0 Å². The van der Waals surface area contributed by atoms with Gasteiger partial charge < -0.3 is 10.0 Å². The Kier molecular flexibility index (Phi) is 5.48. The van der Waals surface area contributed by atoms with Crippen LogP contribution in [0.4, 0.5) is 9.52 Å². The molecule has 10 heteroatoms. The van der Waals surface area contributed by atoms with Crippen LogP contribution in [0.1, 0.15) is 11.3 Å². The highest BCUT2D eigenvalue weighted by atomic mass is 32.2. The van der Waals surface area contributed by atoms with E-state index in [2.05, 4.69) is 14.9 Å². The van der Waals surface area contributed by atoms with Crippen molar-refractivity contribution in [2.24, 2.45) is 0 Å². The van der Waals surface area contributed by atoms with E-state index in [9.17, 15) is 17.9 Å². The Hall–Kier alpha value is -2.56. The van der Waals surface area contributed by atoms with Gasteiger partial charge in [-0.3, -0.25) is 0 Å². The van der Waals surface area contributed by atoms with Gasteiger partial charge in [-0.1, -0.05) is 12.1 Å². The smallest absolute Gasteiger partial charge is 0.260 e. The maximum absolute atomic E-state index is 13.3. The second kappa shape index (κ2) is 8.05. The number of halogens is 1. The number of aromatic hydroxyl groups is 1. The lowest BCUT2D eigenvalue weighted by Gasteiger charge is -2.33. The molecule has 0 saturated carbocycles. The highest BCUT2D eigenvalue weighted by Crippen LogP contribution is 2.25. The number of thiazole rings is 1. The summed E-state index contributed by atoms with van der Waals surface area (Å²) in [6.07, 6.45) is 1.67. The van der Waals surface area contributed by atoms with Crippen LogP contribution < -0.4 is 4.90 Å². The number of rotatable bonds is 5. The minimum absolute atomic E-state index is 0.0737. The summed E-state index contributed by atoms with van der Waals surface area (Å²) in [5, 5.41) is 12.0.